The quantitative estimate of drug-likeness (QED) is 0.444. The second kappa shape index (κ2) is 6.34. The van der Waals surface area contributed by atoms with Crippen molar-refractivity contribution < 1.29 is 28.7 Å². The SMILES string of the molecule is COC(=O)COc1cc([N+](=O)[O-])ccc1C(=O)OC. The summed E-state index contributed by atoms with van der Waals surface area (Å²) in [6, 6.07) is 3.36. The Morgan fingerprint density at radius 1 is 1.26 bits per heavy atom. The maximum absolute atomic E-state index is 11.4. The molecular formula is C11H11NO7. The number of nitro groups is 1. The highest BCUT2D eigenvalue weighted by atomic mass is 16.6. The van der Waals surface area contributed by atoms with Crippen molar-refractivity contribution in [3.63, 3.8) is 0 Å². The molecular weight excluding hydrogens is 258 g/mol. The molecule has 8 nitrogen and oxygen atoms in total. The minimum absolute atomic E-state index is 0.0167. The van der Waals surface area contributed by atoms with E-state index in [-0.39, 0.29) is 17.0 Å². The van der Waals surface area contributed by atoms with Gasteiger partial charge in [-0.15, -0.1) is 0 Å². The van der Waals surface area contributed by atoms with Gasteiger partial charge in [0.25, 0.3) is 5.69 Å². The van der Waals surface area contributed by atoms with Gasteiger partial charge in [-0.1, -0.05) is 0 Å². The van der Waals surface area contributed by atoms with Crippen molar-refractivity contribution >= 4 is 17.6 Å². The van der Waals surface area contributed by atoms with E-state index in [2.05, 4.69) is 9.47 Å². The third-order valence-electron chi connectivity index (χ3n) is 2.15. The minimum atomic E-state index is -0.727. The molecule has 1 rings (SSSR count). The number of carbonyl (C=O) groups excluding carboxylic acids is 2. The van der Waals surface area contributed by atoms with Crippen LogP contribution in [0.5, 0.6) is 5.75 Å². The summed E-state index contributed by atoms with van der Waals surface area (Å²) in [5, 5.41) is 10.6. The monoisotopic (exact) mass is 269 g/mol. The summed E-state index contributed by atoms with van der Waals surface area (Å²) in [5.41, 5.74) is -0.287. The van der Waals surface area contributed by atoms with Gasteiger partial charge in [-0.2, -0.15) is 0 Å². The van der Waals surface area contributed by atoms with Crippen LogP contribution in [-0.4, -0.2) is 37.7 Å². The van der Waals surface area contributed by atoms with E-state index in [0.29, 0.717) is 0 Å². The number of benzene rings is 1. The molecule has 102 valence electrons. The molecule has 19 heavy (non-hydrogen) atoms. The molecule has 0 aliphatic rings. The summed E-state index contributed by atoms with van der Waals surface area (Å²) in [4.78, 5) is 32.4. The van der Waals surface area contributed by atoms with Crippen molar-refractivity contribution in [3.8, 4) is 5.75 Å². The maximum Gasteiger partial charge on any atom is 0.343 e. The Balaban J connectivity index is 3.07. The highest BCUT2D eigenvalue weighted by molar-refractivity contribution is 5.93. The van der Waals surface area contributed by atoms with Gasteiger partial charge in [0, 0.05) is 6.07 Å². The fourth-order valence-electron chi connectivity index (χ4n) is 1.22. The van der Waals surface area contributed by atoms with E-state index in [1.165, 1.54) is 13.2 Å². The first-order valence-corrected chi connectivity index (χ1v) is 5.06. The van der Waals surface area contributed by atoms with Crippen LogP contribution in [0.1, 0.15) is 10.4 Å². The van der Waals surface area contributed by atoms with E-state index >= 15 is 0 Å². The van der Waals surface area contributed by atoms with Gasteiger partial charge in [0.2, 0.25) is 0 Å². The number of ether oxygens (including phenoxy) is 3. The summed E-state index contributed by atoms with van der Waals surface area (Å²) in [6.45, 7) is -0.471. The van der Waals surface area contributed by atoms with E-state index in [4.69, 9.17) is 4.74 Å². The molecule has 8 heteroatoms. The fraction of sp³-hybridized carbons (Fsp3) is 0.273. The number of carbonyl (C=O) groups is 2. The van der Waals surface area contributed by atoms with Crippen molar-refractivity contribution in [2.45, 2.75) is 0 Å². The first-order chi connectivity index (χ1) is 8.99. The van der Waals surface area contributed by atoms with Gasteiger partial charge in [0.15, 0.2) is 6.61 Å². The zero-order valence-electron chi connectivity index (χ0n) is 10.2. The average Bonchev–Trinajstić information content (AvgIpc) is 2.43. The topological polar surface area (TPSA) is 105 Å². The van der Waals surface area contributed by atoms with Crippen LogP contribution in [0.3, 0.4) is 0 Å². The molecule has 0 unspecified atom stereocenters. The van der Waals surface area contributed by atoms with Crippen LogP contribution in [0.15, 0.2) is 18.2 Å². The molecule has 0 aromatic heterocycles. The number of nitrogens with zero attached hydrogens (tertiary/aromatic N) is 1. The van der Waals surface area contributed by atoms with Crippen LogP contribution in [0.25, 0.3) is 0 Å². The molecule has 0 spiro atoms. The molecule has 0 saturated carbocycles. The smallest absolute Gasteiger partial charge is 0.343 e. The third-order valence-corrected chi connectivity index (χ3v) is 2.15. The van der Waals surface area contributed by atoms with Crippen LogP contribution >= 0.6 is 0 Å². The second-order valence-electron chi connectivity index (χ2n) is 3.29. The molecule has 0 N–H and O–H groups in total. The van der Waals surface area contributed by atoms with E-state index in [1.54, 1.807) is 0 Å². The van der Waals surface area contributed by atoms with Crippen molar-refractivity contribution in [2.24, 2.45) is 0 Å². The summed E-state index contributed by atoms with van der Waals surface area (Å²) < 4.78 is 13.9. The standard InChI is InChI=1S/C11H11NO7/c1-17-10(13)6-19-9-5-7(12(15)16)3-4-8(9)11(14)18-2/h3-5H,6H2,1-2H3. The Kier molecular flexibility index (Phi) is 4.81. The van der Waals surface area contributed by atoms with Crippen molar-refractivity contribution in [2.75, 3.05) is 20.8 Å². The largest absolute Gasteiger partial charge is 0.481 e. The summed E-state index contributed by atoms with van der Waals surface area (Å²) in [6.07, 6.45) is 0. The molecule has 1 aromatic carbocycles. The lowest BCUT2D eigenvalue weighted by atomic mass is 10.2. The van der Waals surface area contributed by atoms with Gasteiger partial charge in [-0.3, -0.25) is 10.1 Å². The van der Waals surface area contributed by atoms with Gasteiger partial charge in [-0.25, -0.2) is 9.59 Å². The lowest BCUT2D eigenvalue weighted by molar-refractivity contribution is -0.384. The number of rotatable bonds is 5. The van der Waals surface area contributed by atoms with Crippen LogP contribution in [0.4, 0.5) is 5.69 Å². The number of hydrogen-bond acceptors (Lipinski definition) is 7. The predicted octanol–water partition coefficient (Wildman–Crippen LogP) is 0.933. The molecule has 0 radical (unpaired) electrons. The maximum atomic E-state index is 11.4. The van der Waals surface area contributed by atoms with E-state index in [0.717, 1.165) is 19.2 Å². The summed E-state index contributed by atoms with van der Waals surface area (Å²) in [5.74, 6) is -1.52. The highest BCUT2D eigenvalue weighted by Gasteiger charge is 2.18. The fourth-order valence-corrected chi connectivity index (χ4v) is 1.22. The van der Waals surface area contributed by atoms with Crippen LogP contribution < -0.4 is 4.74 Å². The first kappa shape index (κ1) is 14.4. The number of esters is 2. The first-order valence-electron chi connectivity index (χ1n) is 5.06. The third kappa shape index (κ3) is 3.66. The Bertz CT molecular complexity index is 512. The van der Waals surface area contributed by atoms with Gasteiger partial charge in [0.05, 0.1) is 25.2 Å². The molecule has 0 bridgehead atoms. The molecule has 0 heterocycles. The van der Waals surface area contributed by atoms with Crippen molar-refractivity contribution in [1.29, 1.82) is 0 Å². The Morgan fingerprint density at radius 3 is 2.47 bits per heavy atom. The molecule has 1 aromatic rings. The molecule has 0 atom stereocenters. The van der Waals surface area contributed by atoms with Gasteiger partial charge in [-0.05, 0) is 6.07 Å². The lowest BCUT2D eigenvalue weighted by Crippen LogP contribution is -2.15. The molecule has 0 aliphatic heterocycles. The number of nitro benzene ring substituents is 1. The van der Waals surface area contributed by atoms with E-state index < -0.39 is 23.5 Å². The number of hydrogen-bond donors (Lipinski definition) is 0. The highest BCUT2D eigenvalue weighted by Crippen LogP contribution is 2.25. The molecule has 0 aliphatic carbocycles. The second-order valence-corrected chi connectivity index (χ2v) is 3.29. The predicted molar refractivity (Wildman–Crippen MR) is 61.9 cm³/mol. The normalized spacial score (nSPS) is 9.58. The number of methoxy groups -OCH3 is 2. The Labute approximate surface area is 108 Å². The number of non-ortho nitro benzene ring substituents is 1. The van der Waals surface area contributed by atoms with Crippen molar-refractivity contribution in [1.82, 2.24) is 0 Å². The average molecular weight is 269 g/mol. The lowest BCUT2D eigenvalue weighted by Gasteiger charge is -2.09. The zero-order valence-corrected chi connectivity index (χ0v) is 10.2. The Hall–Kier alpha value is -2.64. The van der Waals surface area contributed by atoms with Crippen LogP contribution in [0, 0.1) is 10.1 Å². The van der Waals surface area contributed by atoms with Crippen molar-refractivity contribution in [3.05, 3.63) is 33.9 Å². The van der Waals surface area contributed by atoms with E-state index in [1.807, 2.05) is 0 Å². The molecule has 0 amide bonds. The van der Waals surface area contributed by atoms with Gasteiger partial charge < -0.3 is 14.2 Å². The van der Waals surface area contributed by atoms with E-state index in [9.17, 15) is 19.7 Å². The Morgan fingerprint density at radius 2 is 1.95 bits per heavy atom. The molecule has 0 fully saturated rings. The van der Waals surface area contributed by atoms with Crippen LogP contribution in [-0.2, 0) is 14.3 Å². The summed E-state index contributed by atoms with van der Waals surface area (Å²) in [7, 11) is 2.33. The van der Waals surface area contributed by atoms with Crippen LogP contribution in [0.2, 0.25) is 0 Å². The van der Waals surface area contributed by atoms with Gasteiger partial charge in [0.1, 0.15) is 11.3 Å². The van der Waals surface area contributed by atoms with Gasteiger partial charge >= 0.3 is 11.9 Å². The summed E-state index contributed by atoms with van der Waals surface area (Å²) >= 11 is 0. The zero-order chi connectivity index (χ0) is 14.4. The molecule has 0 saturated heterocycles. The minimum Gasteiger partial charge on any atom is -0.481 e.